The van der Waals surface area contributed by atoms with E-state index in [1.54, 1.807) is 0 Å². The molecule has 3 heterocycles. The average molecular weight is 284 g/mol. The van der Waals surface area contributed by atoms with E-state index >= 15 is 0 Å². The Bertz CT molecular complexity index is 646. The van der Waals surface area contributed by atoms with Gasteiger partial charge in [0.1, 0.15) is 29.8 Å². The van der Waals surface area contributed by atoms with Crippen LogP contribution in [-0.4, -0.2) is 70.6 Å². The van der Waals surface area contributed by atoms with Crippen LogP contribution in [0.5, 0.6) is 11.9 Å². The van der Waals surface area contributed by atoms with Gasteiger partial charge in [0, 0.05) is 0 Å². The van der Waals surface area contributed by atoms with Gasteiger partial charge in [0.15, 0.2) is 5.65 Å². The minimum absolute atomic E-state index is 0.0114. The molecule has 3 rings (SSSR count). The van der Waals surface area contributed by atoms with Crippen molar-refractivity contribution in [1.29, 1.82) is 0 Å². The molecule has 0 unspecified atom stereocenters. The van der Waals surface area contributed by atoms with Gasteiger partial charge in [0.2, 0.25) is 5.88 Å². The maximum absolute atomic E-state index is 9.93. The fourth-order valence-corrected chi connectivity index (χ4v) is 2.26. The highest BCUT2D eigenvalue weighted by atomic mass is 16.6. The van der Waals surface area contributed by atoms with E-state index in [4.69, 9.17) is 9.84 Å². The summed E-state index contributed by atoms with van der Waals surface area (Å²) in [6.45, 7) is -0.468. The first kappa shape index (κ1) is 13.0. The Labute approximate surface area is 111 Å². The number of aromatic nitrogens is 4. The first-order chi connectivity index (χ1) is 9.52. The monoisotopic (exact) mass is 284 g/mol. The van der Waals surface area contributed by atoms with Gasteiger partial charge in [-0.1, -0.05) is 0 Å². The number of hydrogen-bond donors (Lipinski definition) is 6. The topological polar surface area (TPSA) is 165 Å². The normalized spacial score (nSPS) is 30.1. The first-order valence-corrected chi connectivity index (χ1v) is 5.79. The lowest BCUT2D eigenvalue weighted by atomic mass is 10.0. The zero-order chi connectivity index (χ0) is 14.4. The lowest BCUT2D eigenvalue weighted by Gasteiger charge is -2.13. The van der Waals surface area contributed by atoms with Crippen LogP contribution < -0.4 is 0 Å². The van der Waals surface area contributed by atoms with Crippen molar-refractivity contribution in [1.82, 2.24) is 20.2 Å². The van der Waals surface area contributed by atoms with Crippen LogP contribution in [0.3, 0.4) is 0 Å². The number of hydrogen-bond acceptors (Lipinski definition) is 9. The molecule has 1 fully saturated rings. The maximum atomic E-state index is 9.93. The van der Waals surface area contributed by atoms with Crippen LogP contribution in [-0.2, 0) is 4.74 Å². The molecule has 0 aliphatic carbocycles. The van der Waals surface area contributed by atoms with Crippen molar-refractivity contribution >= 4 is 11.0 Å². The van der Waals surface area contributed by atoms with Crippen LogP contribution in [0.15, 0.2) is 0 Å². The Kier molecular flexibility index (Phi) is 2.94. The molecule has 20 heavy (non-hydrogen) atoms. The smallest absolute Gasteiger partial charge is 0.319 e. The summed E-state index contributed by atoms with van der Waals surface area (Å²) in [5.74, 6) is -0.533. The third kappa shape index (κ3) is 1.78. The van der Waals surface area contributed by atoms with Crippen molar-refractivity contribution in [2.45, 2.75) is 24.4 Å². The number of fused-ring (bicyclic) bond motifs is 1. The number of ether oxygens (including phenoxy) is 1. The van der Waals surface area contributed by atoms with Gasteiger partial charge in [-0.2, -0.15) is 15.1 Å². The van der Waals surface area contributed by atoms with Crippen LogP contribution in [0, 0.1) is 0 Å². The second-order valence-corrected chi connectivity index (χ2v) is 4.44. The van der Waals surface area contributed by atoms with E-state index in [0.717, 1.165) is 0 Å². The van der Waals surface area contributed by atoms with Crippen molar-refractivity contribution in [3.05, 3.63) is 5.69 Å². The number of aliphatic hydroxyl groups excluding tert-OH is 3. The minimum Gasteiger partial charge on any atom is -0.493 e. The van der Waals surface area contributed by atoms with Gasteiger partial charge in [-0.3, -0.25) is 5.10 Å². The predicted molar refractivity (Wildman–Crippen MR) is 61.7 cm³/mol. The van der Waals surface area contributed by atoms with E-state index in [2.05, 4.69) is 20.2 Å². The van der Waals surface area contributed by atoms with Crippen molar-refractivity contribution < 1.29 is 30.3 Å². The molecule has 4 atom stereocenters. The number of aromatic hydroxyl groups is 2. The fourth-order valence-electron chi connectivity index (χ4n) is 2.26. The zero-order valence-electron chi connectivity index (χ0n) is 10.0. The molecule has 0 saturated carbocycles. The quantitative estimate of drug-likeness (QED) is 0.363. The number of aromatic amines is 1. The number of nitrogens with one attached hydrogen (secondary N) is 1. The van der Waals surface area contributed by atoms with Crippen molar-refractivity contribution in [3.63, 3.8) is 0 Å². The summed E-state index contributed by atoms with van der Waals surface area (Å²) >= 11 is 0. The van der Waals surface area contributed by atoms with E-state index in [-0.39, 0.29) is 16.7 Å². The van der Waals surface area contributed by atoms with E-state index in [0.29, 0.717) is 0 Å². The molecule has 6 N–H and O–H groups in total. The Morgan fingerprint density at radius 2 is 1.90 bits per heavy atom. The molecule has 0 amide bonds. The Balaban J connectivity index is 2.07. The van der Waals surface area contributed by atoms with Crippen LogP contribution in [0.25, 0.3) is 11.0 Å². The van der Waals surface area contributed by atoms with Gasteiger partial charge in [-0.05, 0) is 0 Å². The first-order valence-electron chi connectivity index (χ1n) is 5.79. The molecule has 0 spiro atoms. The summed E-state index contributed by atoms with van der Waals surface area (Å²) in [7, 11) is 0. The van der Waals surface area contributed by atoms with E-state index in [9.17, 15) is 20.4 Å². The van der Waals surface area contributed by atoms with Crippen LogP contribution >= 0.6 is 0 Å². The molecular formula is C10H12N4O6. The number of nitrogens with zero attached hydrogens (tertiary/aromatic N) is 3. The highest BCUT2D eigenvalue weighted by Gasteiger charge is 2.45. The molecule has 2 aromatic heterocycles. The maximum Gasteiger partial charge on any atom is 0.319 e. The molecule has 108 valence electrons. The zero-order valence-corrected chi connectivity index (χ0v) is 10.0. The second-order valence-electron chi connectivity index (χ2n) is 4.44. The highest BCUT2D eigenvalue weighted by Crippen LogP contribution is 2.37. The lowest BCUT2D eigenvalue weighted by molar-refractivity contribution is -0.0235. The molecule has 1 aliphatic rings. The van der Waals surface area contributed by atoms with Crippen LogP contribution in [0.4, 0.5) is 0 Å². The van der Waals surface area contributed by atoms with Crippen molar-refractivity contribution in [2.24, 2.45) is 0 Å². The summed E-state index contributed by atoms with van der Waals surface area (Å²) < 4.78 is 5.32. The molecule has 0 bridgehead atoms. The predicted octanol–water partition coefficient (Wildman–Crippen LogP) is -2.08. The molecule has 0 aromatic carbocycles. The molecule has 1 aliphatic heterocycles. The van der Waals surface area contributed by atoms with Crippen molar-refractivity contribution in [2.75, 3.05) is 6.61 Å². The number of aliphatic hydroxyl groups is 3. The van der Waals surface area contributed by atoms with Gasteiger partial charge in [0.25, 0.3) is 0 Å². The van der Waals surface area contributed by atoms with E-state index in [1.165, 1.54) is 0 Å². The average Bonchev–Trinajstić information content (AvgIpc) is 2.93. The second kappa shape index (κ2) is 4.52. The molecule has 10 heteroatoms. The van der Waals surface area contributed by atoms with Gasteiger partial charge >= 0.3 is 6.01 Å². The SMILES string of the molecule is OC[C@H]1O[C@@H](c2[nH]nc3nc(O)nc(O)c23)[C@H](O)[C@@H]1O. The molecule has 2 aromatic rings. The van der Waals surface area contributed by atoms with Crippen LogP contribution in [0.2, 0.25) is 0 Å². The van der Waals surface area contributed by atoms with Gasteiger partial charge in [-0.25, -0.2) is 0 Å². The highest BCUT2D eigenvalue weighted by molar-refractivity contribution is 5.83. The Hall–Kier alpha value is -2.01. The Morgan fingerprint density at radius 1 is 1.15 bits per heavy atom. The largest absolute Gasteiger partial charge is 0.493 e. The number of H-pyrrole nitrogens is 1. The summed E-state index contributed by atoms with van der Waals surface area (Å²) in [6.07, 6.45) is -4.58. The standard InChI is InChI=1S/C10H12N4O6/c15-1-2-5(16)6(17)7(20-2)4-3-8(14-13-4)11-10(19)12-9(3)18/h2,5-7,15-17H,1H2,(H3,11,12,13,14,18,19)/t2-,5-,6-,7+/m1/s1. The van der Waals surface area contributed by atoms with Gasteiger partial charge in [0.05, 0.1) is 12.3 Å². The molecular weight excluding hydrogens is 272 g/mol. The third-order valence-electron chi connectivity index (χ3n) is 3.24. The van der Waals surface area contributed by atoms with E-state index in [1.807, 2.05) is 0 Å². The van der Waals surface area contributed by atoms with Gasteiger partial charge < -0.3 is 30.3 Å². The van der Waals surface area contributed by atoms with Crippen LogP contribution in [0.1, 0.15) is 11.8 Å². The van der Waals surface area contributed by atoms with Gasteiger partial charge in [-0.15, -0.1) is 0 Å². The summed E-state index contributed by atoms with van der Waals surface area (Å²) in [5, 5.41) is 53.9. The van der Waals surface area contributed by atoms with Crippen molar-refractivity contribution in [3.8, 4) is 11.9 Å². The summed E-state index contributed by atoms with van der Waals surface area (Å²) in [6, 6.07) is -0.644. The molecule has 10 nitrogen and oxygen atoms in total. The fraction of sp³-hybridized carbons (Fsp3) is 0.500. The third-order valence-corrected chi connectivity index (χ3v) is 3.24. The molecule has 0 radical (unpaired) electrons. The molecule has 1 saturated heterocycles. The summed E-state index contributed by atoms with van der Waals surface area (Å²) in [4.78, 5) is 6.99. The summed E-state index contributed by atoms with van der Waals surface area (Å²) in [5.41, 5.74) is 0.141. The lowest BCUT2D eigenvalue weighted by Crippen LogP contribution is -2.32. The van der Waals surface area contributed by atoms with E-state index < -0.39 is 42.9 Å². The minimum atomic E-state index is -1.32. The number of rotatable bonds is 2. The Morgan fingerprint density at radius 3 is 2.55 bits per heavy atom.